The van der Waals surface area contributed by atoms with Gasteiger partial charge in [0, 0.05) is 0 Å². The molecule has 1 heterocycles. The summed E-state index contributed by atoms with van der Waals surface area (Å²) in [5, 5.41) is 3.08. The highest BCUT2D eigenvalue weighted by Crippen LogP contribution is 2.17. The zero-order valence-electron chi connectivity index (χ0n) is 9.70. The van der Waals surface area contributed by atoms with Crippen molar-refractivity contribution in [1.29, 1.82) is 0 Å². The molecule has 1 rings (SSSR count). The highest BCUT2D eigenvalue weighted by Gasteiger charge is 2.29. The molecule has 0 spiro atoms. The summed E-state index contributed by atoms with van der Waals surface area (Å²) in [6.45, 7) is 6.56. The average Bonchev–Trinajstić information content (AvgIpc) is 2.20. The highest BCUT2D eigenvalue weighted by atomic mass is 16.7. The minimum absolute atomic E-state index is 0.0344. The Morgan fingerprint density at radius 3 is 2.47 bits per heavy atom. The van der Waals surface area contributed by atoms with E-state index in [-0.39, 0.29) is 18.1 Å². The van der Waals surface area contributed by atoms with Crippen molar-refractivity contribution in [3.8, 4) is 0 Å². The van der Waals surface area contributed by atoms with E-state index in [0.29, 0.717) is 13.2 Å². The number of hydrogen-bond donors (Lipinski definition) is 1. The lowest BCUT2D eigenvalue weighted by Gasteiger charge is -2.36. The van der Waals surface area contributed by atoms with Crippen molar-refractivity contribution in [3.05, 3.63) is 0 Å². The van der Waals surface area contributed by atoms with Crippen molar-refractivity contribution in [3.63, 3.8) is 0 Å². The Morgan fingerprint density at radius 2 is 2.00 bits per heavy atom. The van der Waals surface area contributed by atoms with Crippen LogP contribution in [0.15, 0.2) is 0 Å². The van der Waals surface area contributed by atoms with Crippen LogP contribution in [-0.2, 0) is 19.0 Å². The summed E-state index contributed by atoms with van der Waals surface area (Å²) in [6, 6.07) is -0.305. The summed E-state index contributed by atoms with van der Waals surface area (Å²) in [5.41, 5.74) is 0. The van der Waals surface area contributed by atoms with Gasteiger partial charge in [0.15, 0.2) is 5.79 Å². The summed E-state index contributed by atoms with van der Waals surface area (Å²) in [5.74, 6) is -0.799. The third-order valence-corrected chi connectivity index (χ3v) is 2.30. The Bertz CT molecular complexity index is 219. The molecule has 0 amide bonds. The Kier molecular flexibility index (Phi) is 4.07. The number of carbonyl (C=O) groups is 1. The number of hydrogen-bond acceptors (Lipinski definition) is 5. The molecule has 1 N–H and O–H groups in total. The van der Waals surface area contributed by atoms with Crippen LogP contribution < -0.4 is 5.32 Å². The van der Waals surface area contributed by atoms with Gasteiger partial charge in [0.1, 0.15) is 6.04 Å². The van der Waals surface area contributed by atoms with Crippen LogP contribution in [0, 0.1) is 0 Å². The minimum Gasteiger partial charge on any atom is -0.468 e. The molecule has 88 valence electrons. The lowest BCUT2D eigenvalue weighted by molar-refractivity contribution is -0.253. The quantitative estimate of drug-likeness (QED) is 0.688. The number of carbonyl (C=O) groups excluding carboxylic acids is 1. The van der Waals surface area contributed by atoms with Crippen molar-refractivity contribution in [2.75, 3.05) is 20.3 Å². The zero-order valence-corrected chi connectivity index (χ0v) is 9.70. The van der Waals surface area contributed by atoms with E-state index in [2.05, 4.69) is 10.1 Å². The molecule has 0 bridgehead atoms. The van der Waals surface area contributed by atoms with Gasteiger partial charge in [0.2, 0.25) is 0 Å². The molecule has 15 heavy (non-hydrogen) atoms. The van der Waals surface area contributed by atoms with Gasteiger partial charge in [-0.25, -0.2) is 0 Å². The van der Waals surface area contributed by atoms with Gasteiger partial charge in [0.05, 0.1) is 26.4 Å². The third kappa shape index (κ3) is 3.77. The molecule has 0 aromatic carbocycles. The zero-order chi connectivity index (χ0) is 11.5. The molecule has 0 aliphatic carbocycles. The predicted octanol–water partition coefficient (Wildman–Crippen LogP) is 0.289. The summed E-state index contributed by atoms with van der Waals surface area (Å²) >= 11 is 0. The molecule has 1 saturated heterocycles. The molecule has 1 atom stereocenters. The lowest BCUT2D eigenvalue weighted by Crippen LogP contribution is -2.52. The second kappa shape index (κ2) is 4.92. The van der Waals surface area contributed by atoms with E-state index in [0.717, 1.165) is 0 Å². The van der Waals surface area contributed by atoms with E-state index in [4.69, 9.17) is 9.47 Å². The van der Waals surface area contributed by atoms with Crippen LogP contribution in [0.2, 0.25) is 0 Å². The van der Waals surface area contributed by atoms with Crippen LogP contribution in [0.25, 0.3) is 0 Å². The van der Waals surface area contributed by atoms with Gasteiger partial charge in [-0.15, -0.1) is 0 Å². The molecule has 1 aliphatic rings. The first-order valence-corrected chi connectivity index (χ1v) is 5.06. The van der Waals surface area contributed by atoms with Crippen LogP contribution in [0.1, 0.15) is 20.8 Å². The van der Waals surface area contributed by atoms with Crippen LogP contribution in [0.4, 0.5) is 0 Å². The van der Waals surface area contributed by atoms with Crippen LogP contribution in [0.5, 0.6) is 0 Å². The van der Waals surface area contributed by atoms with E-state index in [1.807, 2.05) is 13.8 Å². The smallest absolute Gasteiger partial charge is 0.322 e. The molecule has 0 aromatic heterocycles. The number of esters is 1. The molecule has 1 fully saturated rings. The molecule has 0 saturated carbocycles. The standard InChI is InChI=1S/C10H19NO4/c1-7(9(12)13-4)11-8-5-14-10(2,3)15-6-8/h7-8,11H,5-6H2,1-4H3/t7-/m0/s1. The van der Waals surface area contributed by atoms with Crippen molar-refractivity contribution >= 4 is 5.97 Å². The lowest BCUT2D eigenvalue weighted by atomic mass is 10.2. The third-order valence-electron chi connectivity index (χ3n) is 2.30. The molecular formula is C10H19NO4. The van der Waals surface area contributed by atoms with E-state index < -0.39 is 5.79 Å². The summed E-state index contributed by atoms with van der Waals surface area (Å²) in [4.78, 5) is 11.1. The first kappa shape index (κ1) is 12.4. The number of rotatable bonds is 3. The number of nitrogens with one attached hydrogen (secondary N) is 1. The van der Waals surface area contributed by atoms with Crippen molar-refractivity contribution < 1.29 is 19.0 Å². The highest BCUT2D eigenvalue weighted by molar-refractivity contribution is 5.75. The summed E-state index contributed by atoms with van der Waals surface area (Å²) in [7, 11) is 1.37. The Labute approximate surface area is 90.1 Å². The van der Waals surface area contributed by atoms with Crippen LogP contribution in [0.3, 0.4) is 0 Å². The molecule has 5 heteroatoms. The van der Waals surface area contributed by atoms with E-state index >= 15 is 0 Å². The van der Waals surface area contributed by atoms with Gasteiger partial charge < -0.3 is 14.2 Å². The minimum atomic E-state index is -0.521. The van der Waals surface area contributed by atoms with E-state index in [1.165, 1.54) is 7.11 Å². The SMILES string of the molecule is COC(=O)[C@H](C)NC1COC(C)(C)OC1. The summed E-state index contributed by atoms with van der Waals surface area (Å²) in [6.07, 6.45) is 0. The molecule has 0 aromatic rings. The topological polar surface area (TPSA) is 56.8 Å². The maximum atomic E-state index is 11.1. The molecular weight excluding hydrogens is 198 g/mol. The van der Waals surface area contributed by atoms with Gasteiger partial charge in [0.25, 0.3) is 0 Å². The molecule has 1 aliphatic heterocycles. The van der Waals surface area contributed by atoms with Gasteiger partial charge in [-0.2, -0.15) is 0 Å². The monoisotopic (exact) mass is 217 g/mol. The van der Waals surface area contributed by atoms with Gasteiger partial charge in [-0.3, -0.25) is 10.1 Å². The fraction of sp³-hybridized carbons (Fsp3) is 0.900. The maximum absolute atomic E-state index is 11.1. The fourth-order valence-electron chi connectivity index (χ4n) is 1.39. The normalized spacial score (nSPS) is 23.5. The number of methoxy groups -OCH3 is 1. The fourth-order valence-corrected chi connectivity index (χ4v) is 1.39. The van der Waals surface area contributed by atoms with Gasteiger partial charge >= 0.3 is 5.97 Å². The van der Waals surface area contributed by atoms with Gasteiger partial charge in [-0.05, 0) is 20.8 Å². The Hall–Kier alpha value is -0.650. The average molecular weight is 217 g/mol. The van der Waals surface area contributed by atoms with Crippen LogP contribution in [-0.4, -0.2) is 44.2 Å². The van der Waals surface area contributed by atoms with E-state index in [9.17, 15) is 4.79 Å². The first-order valence-electron chi connectivity index (χ1n) is 5.06. The van der Waals surface area contributed by atoms with E-state index in [1.54, 1.807) is 6.92 Å². The second-order valence-electron chi connectivity index (χ2n) is 4.13. The maximum Gasteiger partial charge on any atom is 0.322 e. The Morgan fingerprint density at radius 1 is 1.47 bits per heavy atom. The molecule has 0 unspecified atom stereocenters. The number of ether oxygens (including phenoxy) is 3. The van der Waals surface area contributed by atoms with Gasteiger partial charge in [-0.1, -0.05) is 0 Å². The van der Waals surface area contributed by atoms with Crippen LogP contribution >= 0.6 is 0 Å². The second-order valence-corrected chi connectivity index (χ2v) is 4.13. The van der Waals surface area contributed by atoms with Crippen molar-refractivity contribution in [2.24, 2.45) is 0 Å². The molecule has 0 radical (unpaired) electrons. The molecule has 5 nitrogen and oxygen atoms in total. The first-order chi connectivity index (χ1) is 6.94. The Balaban J connectivity index is 2.32. The van der Waals surface area contributed by atoms with Crippen molar-refractivity contribution in [1.82, 2.24) is 5.32 Å². The largest absolute Gasteiger partial charge is 0.468 e. The van der Waals surface area contributed by atoms with Crippen molar-refractivity contribution in [2.45, 2.75) is 38.6 Å². The predicted molar refractivity (Wildman–Crippen MR) is 54.4 cm³/mol. The summed E-state index contributed by atoms with van der Waals surface area (Å²) < 4.78 is 15.5.